The van der Waals surface area contributed by atoms with Crippen molar-refractivity contribution in [2.75, 3.05) is 11.9 Å². The SMILES string of the molecule is [2H]c1c([2H])c(F)c(C([2H])([2H])n2ncc3c(=O)n(-c4cc(N[C@H](C5C([2H])([2H])C5([2H])[2H])C([2H])([2H])O)ncc4Cl)cc([2H])c32)c(F)c1[2H]. The van der Waals surface area contributed by atoms with Crippen LogP contribution in [0.4, 0.5) is 14.6 Å². The van der Waals surface area contributed by atoms with Crippen LogP contribution >= 0.6 is 11.6 Å². The van der Waals surface area contributed by atoms with E-state index in [9.17, 15) is 18.7 Å². The minimum absolute atomic E-state index is 0.190. The molecule has 0 aliphatic heterocycles. The maximum atomic E-state index is 14.9. The van der Waals surface area contributed by atoms with Gasteiger partial charge in [0.2, 0.25) is 0 Å². The normalized spacial score (nSPS) is 23.8. The van der Waals surface area contributed by atoms with Crippen LogP contribution in [0.3, 0.4) is 0 Å². The summed E-state index contributed by atoms with van der Waals surface area (Å²) in [5.74, 6) is -5.47. The number of aliphatic hydroxyl groups is 1. The first-order chi connectivity index (χ1) is 20.6. The number of aromatic nitrogens is 4. The van der Waals surface area contributed by atoms with E-state index in [0.717, 1.165) is 29.2 Å². The number of halogens is 3. The predicted molar refractivity (Wildman–Crippen MR) is 121 cm³/mol. The van der Waals surface area contributed by atoms with E-state index in [1.54, 1.807) is 0 Å². The van der Waals surface area contributed by atoms with Crippen molar-refractivity contribution in [3.8, 4) is 5.69 Å². The van der Waals surface area contributed by atoms with E-state index in [2.05, 4.69) is 15.4 Å². The fourth-order valence-corrected chi connectivity index (χ4v) is 3.24. The minimum atomic E-state index is -3.30. The van der Waals surface area contributed by atoms with Crippen molar-refractivity contribution in [1.29, 1.82) is 0 Å². The summed E-state index contributed by atoms with van der Waals surface area (Å²) < 4.78 is 126. The van der Waals surface area contributed by atoms with Crippen LogP contribution in [-0.2, 0) is 6.50 Å². The number of rotatable bonds is 7. The Kier molecular flexibility index (Phi) is 3.04. The monoisotopic (exact) mass is 483 g/mol. The molecule has 3 aromatic heterocycles. The van der Waals surface area contributed by atoms with Crippen LogP contribution in [0.25, 0.3) is 16.6 Å². The molecule has 33 heavy (non-hydrogen) atoms. The zero-order valence-corrected chi connectivity index (χ0v) is 17.0. The molecule has 1 aliphatic rings. The Labute approximate surface area is 209 Å². The van der Waals surface area contributed by atoms with Gasteiger partial charge in [0.15, 0.2) is 0 Å². The van der Waals surface area contributed by atoms with Crippen molar-refractivity contribution in [3.63, 3.8) is 0 Å². The average molecular weight is 484 g/mol. The van der Waals surface area contributed by atoms with Gasteiger partial charge in [0, 0.05) is 23.3 Å². The molecule has 1 atom stereocenters. The van der Waals surface area contributed by atoms with Gasteiger partial charge in [0.1, 0.15) is 17.5 Å². The summed E-state index contributed by atoms with van der Waals surface area (Å²) in [6.45, 7) is -6.44. The molecule has 4 aromatic rings. The van der Waals surface area contributed by atoms with E-state index < -0.39 is 95.6 Å². The molecule has 1 aliphatic carbocycles. The van der Waals surface area contributed by atoms with E-state index >= 15 is 0 Å². The van der Waals surface area contributed by atoms with Gasteiger partial charge in [-0.3, -0.25) is 14.0 Å². The molecule has 7 nitrogen and oxygen atoms in total. The van der Waals surface area contributed by atoms with Gasteiger partial charge in [-0.25, -0.2) is 13.8 Å². The fourth-order valence-electron chi connectivity index (χ4n) is 3.04. The van der Waals surface area contributed by atoms with Gasteiger partial charge in [-0.1, -0.05) is 17.6 Å². The van der Waals surface area contributed by atoms with Gasteiger partial charge in [0.25, 0.3) is 5.56 Å². The van der Waals surface area contributed by atoms with E-state index in [4.69, 9.17) is 28.1 Å². The maximum absolute atomic E-state index is 14.9. The van der Waals surface area contributed by atoms with Crippen LogP contribution in [-0.4, -0.2) is 37.0 Å². The molecule has 1 fully saturated rings. The summed E-state index contributed by atoms with van der Waals surface area (Å²) in [6.07, 6.45) is -2.33. The summed E-state index contributed by atoms with van der Waals surface area (Å²) in [7, 11) is 0. The van der Waals surface area contributed by atoms with Gasteiger partial charge in [-0.2, -0.15) is 5.10 Å². The van der Waals surface area contributed by atoms with Crippen molar-refractivity contribution in [1.82, 2.24) is 19.3 Å². The molecule has 10 heteroatoms. The van der Waals surface area contributed by atoms with Gasteiger partial charge < -0.3 is 10.4 Å². The van der Waals surface area contributed by atoms with Crippen LogP contribution in [0, 0.1) is 17.6 Å². The Morgan fingerprint density at radius 3 is 2.79 bits per heavy atom. The molecule has 2 N–H and O–H groups in total. The largest absolute Gasteiger partial charge is 0.394 e. The lowest BCUT2D eigenvalue weighted by molar-refractivity contribution is 0.263. The smallest absolute Gasteiger partial charge is 0.266 e. The number of hydrogen-bond donors (Lipinski definition) is 2. The Morgan fingerprint density at radius 1 is 1.33 bits per heavy atom. The highest BCUT2D eigenvalue weighted by Crippen LogP contribution is 2.34. The molecular weight excluding hydrogens is 452 g/mol. The van der Waals surface area contributed by atoms with Crippen LogP contribution in [0.2, 0.25) is 5.02 Å². The Morgan fingerprint density at radius 2 is 2.09 bits per heavy atom. The summed E-state index contributed by atoms with van der Waals surface area (Å²) in [5, 5.41) is 15.6. The highest BCUT2D eigenvalue weighted by Gasteiger charge is 2.31. The second-order valence-corrected chi connectivity index (χ2v) is 7.20. The van der Waals surface area contributed by atoms with Crippen molar-refractivity contribution in [2.45, 2.75) is 25.3 Å². The minimum Gasteiger partial charge on any atom is -0.394 e. The first-order valence-corrected chi connectivity index (χ1v) is 9.65. The summed E-state index contributed by atoms with van der Waals surface area (Å²) in [5.41, 5.74) is -3.14. The number of hydrogen-bond acceptors (Lipinski definition) is 5. The van der Waals surface area contributed by atoms with Gasteiger partial charge >= 0.3 is 0 Å². The zero-order chi connectivity index (χ0) is 33.8. The maximum Gasteiger partial charge on any atom is 0.266 e. The topological polar surface area (TPSA) is 85.0 Å². The Balaban J connectivity index is 1.61. The van der Waals surface area contributed by atoms with Crippen LogP contribution in [0.15, 0.2) is 53.6 Å². The van der Waals surface area contributed by atoms with Crippen LogP contribution < -0.4 is 10.9 Å². The Hall–Kier alpha value is -3.30. The molecule has 170 valence electrons. The molecule has 0 unspecified atom stereocenters. The van der Waals surface area contributed by atoms with E-state index in [1.165, 1.54) is 0 Å². The number of nitrogens with zero attached hydrogens (tertiary/aromatic N) is 4. The van der Waals surface area contributed by atoms with Gasteiger partial charge in [-0.05, 0) is 36.8 Å². The number of nitrogens with one attached hydrogen (secondary N) is 1. The van der Waals surface area contributed by atoms with Crippen molar-refractivity contribution < 1.29 is 30.3 Å². The summed E-state index contributed by atoms with van der Waals surface area (Å²) in [4.78, 5) is 17.5. The second kappa shape index (κ2) is 8.57. The predicted octanol–water partition coefficient (Wildman–Crippen LogP) is 3.74. The Bertz CT molecular complexity index is 1910. The first kappa shape index (κ1) is 11.7. The highest BCUT2D eigenvalue weighted by molar-refractivity contribution is 6.32. The lowest BCUT2D eigenvalue weighted by Crippen LogP contribution is -2.26. The van der Waals surface area contributed by atoms with Gasteiger partial charge in [-0.15, -0.1) is 0 Å². The number of fused-ring (bicyclic) bond motifs is 1. The van der Waals surface area contributed by atoms with Crippen molar-refractivity contribution in [2.24, 2.45) is 5.92 Å². The van der Waals surface area contributed by atoms with Gasteiger partial charge in [0.05, 0.1) is 64.1 Å². The number of anilines is 1. The zero-order valence-electron chi connectivity index (χ0n) is 28.2. The lowest BCUT2D eigenvalue weighted by Gasteiger charge is -2.17. The molecule has 0 saturated heterocycles. The van der Waals surface area contributed by atoms with Crippen molar-refractivity contribution in [3.05, 3.63) is 81.4 Å². The van der Waals surface area contributed by atoms with E-state index in [1.807, 2.05) is 0 Å². The number of pyridine rings is 2. The third-order valence-corrected chi connectivity index (χ3v) is 5.02. The summed E-state index contributed by atoms with van der Waals surface area (Å²) in [6, 6.07) is -5.00. The molecule has 0 radical (unpaired) electrons. The standard InChI is InChI=1S/C23H20ClF2N5O2/c24-16-10-27-22(29-19(12-32)13-4-5-13)8-21(16)30-7-6-20-14(23(30)33)9-28-31(20)11-15-17(25)2-1-3-18(15)26/h1-3,6-10,13,19,32H,4-5,11-12H2,(H,27,29)/t19-/m0/s1/i1D,2D,3D,4D2,5D2,6D,11D2,12D2. The van der Waals surface area contributed by atoms with E-state index in [0.29, 0.717) is 4.68 Å². The van der Waals surface area contributed by atoms with Crippen LogP contribution in [0.5, 0.6) is 0 Å². The molecule has 5 rings (SSSR count). The summed E-state index contributed by atoms with van der Waals surface area (Å²) >= 11 is 6.26. The van der Waals surface area contributed by atoms with E-state index in [-0.39, 0.29) is 16.5 Å². The molecule has 0 bridgehead atoms. The highest BCUT2D eigenvalue weighted by atomic mass is 35.5. The molecule has 0 spiro atoms. The molecule has 0 amide bonds. The quantitative estimate of drug-likeness (QED) is 0.418. The average Bonchev–Trinajstić information content (AvgIpc) is 3.24. The van der Waals surface area contributed by atoms with Crippen molar-refractivity contribution >= 4 is 28.3 Å². The van der Waals surface area contributed by atoms with Crippen LogP contribution in [0.1, 0.15) is 34.8 Å². The second-order valence-electron chi connectivity index (χ2n) is 6.80. The molecular formula is C23H20ClF2N5O2. The number of benzene rings is 1. The molecule has 1 saturated carbocycles. The lowest BCUT2D eigenvalue weighted by atomic mass is 10.2. The third kappa shape index (κ3) is 4.09. The third-order valence-electron chi connectivity index (χ3n) is 4.73. The fraction of sp³-hybridized carbons (Fsp3) is 0.261. The molecule has 3 heterocycles. The molecule has 1 aromatic carbocycles. The first-order valence-electron chi connectivity index (χ1n) is 15.3.